The second-order valence-corrected chi connectivity index (χ2v) is 7.03. The summed E-state index contributed by atoms with van der Waals surface area (Å²) in [4.78, 5) is 18.9. The third kappa shape index (κ3) is 3.51. The Morgan fingerprint density at radius 1 is 1.40 bits per heavy atom. The molecule has 2 rings (SSSR count). The van der Waals surface area contributed by atoms with Crippen LogP contribution < -0.4 is 5.32 Å². The maximum Gasteiger partial charge on any atom is 0.257 e. The van der Waals surface area contributed by atoms with Crippen LogP contribution in [-0.2, 0) is 0 Å². The van der Waals surface area contributed by atoms with E-state index in [9.17, 15) is 4.79 Å². The predicted molar refractivity (Wildman–Crippen MR) is 85.0 cm³/mol. The topological polar surface area (TPSA) is 45.2 Å². The van der Waals surface area contributed by atoms with Crippen LogP contribution >= 0.6 is 15.9 Å². The monoisotopic (exact) mass is 339 g/mol. The molecular formula is C15H22BrN3O. The molecule has 5 heteroatoms. The zero-order valence-corrected chi connectivity index (χ0v) is 14.0. The van der Waals surface area contributed by atoms with Gasteiger partial charge in [0.15, 0.2) is 0 Å². The van der Waals surface area contributed by atoms with E-state index < -0.39 is 0 Å². The van der Waals surface area contributed by atoms with Crippen LogP contribution in [0.3, 0.4) is 0 Å². The molecule has 20 heavy (non-hydrogen) atoms. The van der Waals surface area contributed by atoms with E-state index in [-0.39, 0.29) is 5.91 Å². The average molecular weight is 340 g/mol. The molecule has 0 radical (unpaired) electrons. The van der Waals surface area contributed by atoms with Gasteiger partial charge in [-0.15, -0.1) is 0 Å². The maximum atomic E-state index is 12.7. The van der Waals surface area contributed by atoms with E-state index in [1.54, 1.807) is 13.2 Å². The molecule has 1 amide bonds. The number of nitrogens with one attached hydrogen (secondary N) is 1. The molecule has 0 aliphatic carbocycles. The van der Waals surface area contributed by atoms with Gasteiger partial charge in [0.05, 0.1) is 5.56 Å². The van der Waals surface area contributed by atoms with Crippen molar-refractivity contribution in [3.8, 4) is 0 Å². The van der Waals surface area contributed by atoms with E-state index in [1.165, 1.54) is 6.42 Å². The number of halogens is 1. The predicted octanol–water partition coefficient (Wildman–Crippen LogP) is 3.54. The third-order valence-corrected chi connectivity index (χ3v) is 4.38. The Bertz CT molecular complexity index is 502. The largest absolute Gasteiger partial charge is 0.372 e. The van der Waals surface area contributed by atoms with Crippen LogP contribution in [0.5, 0.6) is 0 Å². The molecular weight excluding hydrogens is 318 g/mol. The van der Waals surface area contributed by atoms with Crippen molar-refractivity contribution in [3.05, 3.63) is 22.3 Å². The highest BCUT2D eigenvalue weighted by atomic mass is 79.9. The van der Waals surface area contributed by atoms with Gasteiger partial charge in [-0.05, 0) is 46.7 Å². The van der Waals surface area contributed by atoms with Crippen LogP contribution in [0.2, 0.25) is 0 Å². The Morgan fingerprint density at radius 3 is 2.85 bits per heavy atom. The first kappa shape index (κ1) is 15.3. The number of aromatic nitrogens is 1. The lowest BCUT2D eigenvalue weighted by atomic mass is 9.85. The summed E-state index contributed by atoms with van der Waals surface area (Å²) in [6, 6.07) is 1.84. The van der Waals surface area contributed by atoms with Gasteiger partial charge in [0, 0.05) is 30.8 Å². The summed E-state index contributed by atoms with van der Waals surface area (Å²) < 4.78 is 0.829. The molecule has 1 aliphatic heterocycles. The number of rotatable bonds is 2. The zero-order chi connectivity index (χ0) is 14.8. The molecule has 0 unspecified atom stereocenters. The minimum Gasteiger partial charge on any atom is -0.372 e. The summed E-state index contributed by atoms with van der Waals surface area (Å²) in [6.45, 7) is 6.21. The molecule has 0 spiro atoms. The van der Waals surface area contributed by atoms with Crippen molar-refractivity contribution < 1.29 is 4.79 Å². The van der Waals surface area contributed by atoms with Crippen molar-refractivity contribution in [1.29, 1.82) is 0 Å². The minimum absolute atomic E-state index is 0.0702. The summed E-state index contributed by atoms with van der Waals surface area (Å²) in [6.07, 6.45) is 4.99. The summed E-state index contributed by atoms with van der Waals surface area (Å²) in [5, 5.41) is 3.00. The average Bonchev–Trinajstić information content (AvgIpc) is 2.59. The van der Waals surface area contributed by atoms with Crippen LogP contribution in [-0.4, -0.2) is 35.9 Å². The van der Waals surface area contributed by atoms with Gasteiger partial charge in [0.25, 0.3) is 5.91 Å². The van der Waals surface area contributed by atoms with Crippen molar-refractivity contribution in [2.75, 3.05) is 25.5 Å². The Balaban J connectivity index is 2.21. The molecule has 1 saturated heterocycles. The quantitative estimate of drug-likeness (QED) is 0.896. The van der Waals surface area contributed by atoms with E-state index in [2.05, 4.69) is 40.1 Å². The Hall–Kier alpha value is -1.10. The highest BCUT2D eigenvalue weighted by molar-refractivity contribution is 9.10. The van der Waals surface area contributed by atoms with Crippen LogP contribution in [0.15, 0.2) is 16.7 Å². The van der Waals surface area contributed by atoms with Crippen LogP contribution in [0, 0.1) is 5.41 Å². The van der Waals surface area contributed by atoms with E-state index in [1.807, 2.05) is 11.0 Å². The summed E-state index contributed by atoms with van der Waals surface area (Å²) in [7, 11) is 1.79. The van der Waals surface area contributed by atoms with Gasteiger partial charge in [0.1, 0.15) is 5.82 Å². The lowest BCUT2D eigenvalue weighted by molar-refractivity contribution is 0.0758. The first-order chi connectivity index (χ1) is 9.43. The number of anilines is 1. The fraction of sp³-hybridized carbons (Fsp3) is 0.600. The highest BCUT2D eigenvalue weighted by Crippen LogP contribution is 2.30. The van der Waals surface area contributed by atoms with Crippen LogP contribution in [0.25, 0.3) is 0 Å². The normalized spacial score (nSPS) is 18.5. The first-order valence-electron chi connectivity index (χ1n) is 7.05. The molecule has 4 nitrogen and oxygen atoms in total. The summed E-state index contributed by atoms with van der Waals surface area (Å²) in [5.41, 5.74) is 0.970. The van der Waals surface area contributed by atoms with E-state index in [0.717, 1.165) is 30.4 Å². The molecule has 1 aliphatic rings. The van der Waals surface area contributed by atoms with E-state index >= 15 is 0 Å². The molecule has 1 N–H and O–H groups in total. The number of amides is 1. The number of likely N-dealkylation sites (tertiary alicyclic amines) is 1. The highest BCUT2D eigenvalue weighted by Gasteiger charge is 2.27. The Morgan fingerprint density at radius 2 is 2.15 bits per heavy atom. The molecule has 1 aromatic rings. The van der Waals surface area contributed by atoms with Gasteiger partial charge in [-0.3, -0.25) is 4.79 Å². The van der Waals surface area contributed by atoms with Crippen molar-refractivity contribution >= 4 is 27.7 Å². The van der Waals surface area contributed by atoms with Crippen LogP contribution in [0.1, 0.15) is 43.5 Å². The molecule has 0 saturated carbocycles. The fourth-order valence-electron chi connectivity index (χ4n) is 2.60. The number of pyridine rings is 1. The molecule has 0 bridgehead atoms. The second kappa shape index (κ2) is 6.12. The lowest BCUT2D eigenvalue weighted by Gasteiger charge is -2.24. The van der Waals surface area contributed by atoms with Crippen molar-refractivity contribution in [1.82, 2.24) is 9.88 Å². The molecule has 1 fully saturated rings. The lowest BCUT2D eigenvalue weighted by Crippen LogP contribution is -2.33. The molecule has 0 aromatic carbocycles. The number of hydrogen-bond acceptors (Lipinski definition) is 3. The van der Waals surface area contributed by atoms with Gasteiger partial charge >= 0.3 is 0 Å². The third-order valence-electron chi connectivity index (χ3n) is 3.95. The molecule has 1 aromatic heterocycles. The zero-order valence-electron chi connectivity index (χ0n) is 12.4. The SMILES string of the molecule is CNc1ncc(Br)cc1C(=O)N1CCCC(C)(C)CC1. The minimum atomic E-state index is 0.0702. The number of carbonyl (C=O) groups is 1. The first-order valence-corrected chi connectivity index (χ1v) is 7.85. The van der Waals surface area contributed by atoms with Gasteiger partial charge in [0.2, 0.25) is 0 Å². The second-order valence-electron chi connectivity index (χ2n) is 6.11. The standard InChI is InChI=1S/C15H22BrN3O/c1-15(2)5-4-7-19(8-6-15)14(20)12-9-11(16)10-18-13(12)17-3/h9-10H,4-8H2,1-3H3,(H,17,18). The molecule has 110 valence electrons. The van der Waals surface area contributed by atoms with Gasteiger partial charge in [-0.1, -0.05) is 13.8 Å². The number of carbonyl (C=O) groups excluding carboxylic acids is 1. The molecule has 2 heterocycles. The summed E-state index contributed by atoms with van der Waals surface area (Å²) in [5.74, 6) is 0.711. The van der Waals surface area contributed by atoms with E-state index in [4.69, 9.17) is 0 Å². The smallest absolute Gasteiger partial charge is 0.257 e. The van der Waals surface area contributed by atoms with Crippen molar-refractivity contribution in [2.24, 2.45) is 5.41 Å². The van der Waals surface area contributed by atoms with Gasteiger partial charge < -0.3 is 10.2 Å². The van der Waals surface area contributed by atoms with Crippen molar-refractivity contribution in [2.45, 2.75) is 33.1 Å². The molecule has 0 atom stereocenters. The van der Waals surface area contributed by atoms with Gasteiger partial charge in [-0.2, -0.15) is 0 Å². The Labute approximate surface area is 129 Å². The maximum absolute atomic E-state index is 12.7. The number of nitrogens with zero attached hydrogens (tertiary/aromatic N) is 2. The number of hydrogen-bond donors (Lipinski definition) is 1. The fourth-order valence-corrected chi connectivity index (χ4v) is 2.93. The van der Waals surface area contributed by atoms with E-state index in [0.29, 0.717) is 16.8 Å². The summed E-state index contributed by atoms with van der Waals surface area (Å²) >= 11 is 3.39. The van der Waals surface area contributed by atoms with Crippen LogP contribution in [0.4, 0.5) is 5.82 Å². The Kier molecular flexibility index (Phi) is 4.68. The van der Waals surface area contributed by atoms with Gasteiger partial charge in [-0.25, -0.2) is 4.98 Å². The van der Waals surface area contributed by atoms with Crippen molar-refractivity contribution in [3.63, 3.8) is 0 Å².